The quantitative estimate of drug-likeness (QED) is 0.749. The molecule has 4 heteroatoms. The van der Waals surface area contributed by atoms with Gasteiger partial charge in [0, 0.05) is 23.1 Å². The van der Waals surface area contributed by atoms with E-state index in [4.69, 9.17) is 11.6 Å². The number of rotatable bonds is 2. The molecule has 0 saturated carbocycles. The topological polar surface area (TPSA) is 38.7 Å². The predicted molar refractivity (Wildman–Crippen MR) is 64.3 cm³/mol. The lowest BCUT2D eigenvalue weighted by atomic mass is 10.2. The molecular formula is C12H12ClN3. The van der Waals surface area contributed by atoms with Crippen LogP contribution in [-0.2, 0) is 5.88 Å². The molecule has 0 spiro atoms. The van der Waals surface area contributed by atoms with Gasteiger partial charge in [0.05, 0.1) is 11.6 Å². The third kappa shape index (κ3) is 2.36. The molecule has 0 aliphatic rings. The number of halogens is 1. The van der Waals surface area contributed by atoms with Crippen molar-refractivity contribution in [3.05, 3.63) is 41.5 Å². The highest BCUT2D eigenvalue weighted by atomic mass is 35.5. The number of pyridine rings is 1. The van der Waals surface area contributed by atoms with Gasteiger partial charge in [0.1, 0.15) is 0 Å². The van der Waals surface area contributed by atoms with Gasteiger partial charge in [0.2, 0.25) is 0 Å². The molecule has 2 aromatic heterocycles. The summed E-state index contributed by atoms with van der Waals surface area (Å²) in [5.41, 5.74) is 3.75. The van der Waals surface area contributed by atoms with E-state index >= 15 is 0 Å². The van der Waals surface area contributed by atoms with Gasteiger partial charge >= 0.3 is 0 Å². The maximum atomic E-state index is 5.75. The van der Waals surface area contributed by atoms with E-state index in [0.717, 1.165) is 22.6 Å². The average molecular weight is 234 g/mol. The second-order valence-corrected chi connectivity index (χ2v) is 3.91. The summed E-state index contributed by atoms with van der Waals surface area (Å²) in [6.07, 6.45) is 1.73. The molecule has 0 aromatic carbocycles. The molecule has 0 bridgehead atoms. The highest BCUT2D eigenvalue weighted by molar-refractivity contribution is 6.16. The first-order valence-corrected chi connectivity index (χ1v) is 5.56. The molecule has 3 nitrogen and oxygen atoms in total. The van der Waals surface area contributed by atoms with Gasteiger partial charge in [0.25, 0.3) is 0 Å². The first-order valence-electron chi connectivity index (χ1n) is 5.02. The number of aromatic nitrogens is 3. The SMILES string of the molecule is Cc1cc(-c2nccc(CCl)n2)cc(C)n1. The Morgan fingerprint density at radius 1 is 1.12 bits per heavy atom. The Kier molecular flexibility index (Phi) is 3.15. The van der Waals surface area contributed by atoms with Crippen LogP contribution < -0.4 is 0 Å². The Bertz CT molecular complexity index is 491. The minimum absolute atomic E-state index is 0.401. The van der Waals surface area contributed by atoms with Gasteiger partial charge in [-0.25, -0.2) is 9.97 Å². The molecule has 0 aliphatic heterocycles. The van der Waals surface area contributed by atoms with Crippen LogP contribution >= 0.6 is 11.6 Å². The minimum Gasteiger partial charge on any atom is -0.258 e. The number of hydrogen-bond acceptors (Lipinski definition) is 3. The van der Waals surface area contributed by atoms with Crippen LogP contribution in [0.1, 0.15) is 17.1 Å². The minimum atomic E-state index is 0.401. The molecule has 16 heavy (non-hydrogen) atoms. The van der Waals surface area contributed by atoms with E-state index in [-0.39, 0.29) is 0 Å². The van der Waals surface area contributed by atoms with Crippen molar-refractivity contribution in [3.63, 3.8) is 0 Å². The smallest absolute Gasteiger partial charge is 0.159 e. The zero-order chi connectivity index (χ0) is 11.5. The maximum Gasteiger partial charge on any atom is 0.159 e. The first kappa shape index (κ1) is 11.0. The Morgan fingerprint density at radius 3 is 2.44 bits per heavy atom. The van der Waals surface area contributed by atoms with Crippen molar-refractivity contribution >= 4 is 11.6 Å². The van der Waals surface area contributed by atoms with Gasteiger partial charge in [0.15, 0.2) is 5.82 Å². The van der Waals surface area contributed by atoms with Gasteiger partial charge < -0.3 is 0 Å². The van der Waals surface area contributed by atoms with Crippen LogP contribution in [0.25, 0.3) is 11.4 Å². The summed E-state index contributed by atoms with van der Waals surface area (Å²) in [6.45, 7) is 3.92. The molecule has 0 radical (unpaired) electrons. The van der Waals surface area contributed by atoms with E-state index in [1.807, 2.05) is 32.0 Å². The summed E-state index contributed by atoms with van der Waals surface area (Å²) < 4.78 is 0. The third-order valence-corrected chi connectivity index (χ3v) is 2.46. The molecule has 0 saturated heterocycles. The van der Waals surface area contributed by atoms with Crippen LogP contribution in [0.2, 0.25) is 0 Å². The van der Waals surface area contributed by atoms with E-state index in [1.165, 1.54) is 0 Å². The molecule has 0 fully saturated rings. The first-order chi connectivity index (χ1) is 7.69. The predicted octanol–water partition coefficient (Wildman–Crippen LogP) is 2.89. The van der Waals surface area contributed by atoms with Crippen LogP contribution in [0.15, 0.2) is 24.4 Å². The van der Waals surface area contributed by atoms with Crippen LogP contribution in [0, 0.1) is 13.8 Å². The fourth-order valence-electron chi connectivity index (χ4n) is 1.57. The zero-order valence-corrected chi connectivity index (χ0v) is 9.99. The largest absolute Gasteiger partial charge is 0.258 e. The van der Waals surface area contributed by atoms with Crippen molar-refractivity contribution in [2.24, 2.45) is 0 Å². The van der Waals surface area contributed by atoms with Crippen molar-refractivity contribution < 1.29 is 0 Å². The fourth-order valence-corrected chi connectivity index (χ4v) is 1.72. The highest BCUT2D eigenvalue weighted by Gasteiger charge is 2.04. The molecule has 0 N–H and O–H groups in total. The van der Waals surface area contributed by atoms with Crippen LogP contribution in [-0.4, -0.2) is 15.0 Å². The molecule has 0 aliphatic carbocycles. The Balaban J connectivity index is 2.49. The van der Waals surface area contributed by atoms with E-state index < -0.39 is 0 Å². The van der Waals surface area contributed by atoms with Crippen LogP contribution in [0.5, 0.6) is 0 Å². The van der Waals surface area contributed by atoms with E-state index in [9.17, 15) is 0 Å². The summed E-state index contributed by atoms with van der Waals surface area (Å²) in [5, 5.41) is 0. The summed E-state index contributed by atoms with van der Waals surface area (Å²) in [5.74, 6) is 1.10. The maximum absolute atomic E-state index is 5.75. The number of alkyl halides is 1. The fraction of sp³-hybridized carbons (Fsp3) is 0.250. The van der Waals surface area contributed by atoms with Crippen molar-refractivity contribution in [1.82, 2.24) is 15.0 Å². The lowest BCUT2D eigenvalue weighted by molar-refractivity contribution is 1.07. The normalized spacial score (nSPS) is 10.4. The Labute approximate surface area is 99.5 Å². The number of aryl methyl sites for hydroxylation is 2. The molecule has 2 rings (SSSR count). The van der Waals surface area contributed by atoms with Crippen molar-refractivity contribution in [1.29, 1.82) is 0 Å². The molecule has 82 valence electrons. The number of hydrogen-bond donors (Lipinski definition) is 0. The van der Waals surface area contributed by atoms with Gasteiger partial charge in [-0.3, -0.25) is 4.98 Å². The van der Waals surface area contributed by atoms with Gasteiger partial charge in [-0.15, -0.1) is 11.6 Å². The monoisotopic (exact) mass is 233 g/mol. The van der Waals surface area contributed by atoms with Gasteiger partial charge in [-0.1, -0.05) is 0 Å². The lowest BCUT2D eigenvalue weighted by Gasteiger charge is -2.04. The van der Waals surface area contributed by atoms with Crippen molar-refractivity contribution in [3.8, 4) is 11.4 Å². The van der Waals surface area contributed by atoms with Crippen molar-refractivity contribution in [2.75, 3.05) is 0 Å². The van der Waals surface area contributed by atoms with Crippen LogP contribution in [0.3, 0.4) is 0 Å². The zero-order valence-electron chi connectivity index (χ0n) is 9.24. The lowest BCUT2D eigenvalue weighted by Crippen LogP contribution is -1.95. The summed E-state index contributed by atoms with van der Waals surface area (Å²) in [6, 6.07) is 5.76. The molecule has 0 amide bonds. The van der Waals surface area contributed by atoms with E-state index in [1.54, 1.807) is 6.20 Å². The van der Waals surface area contributed by atoms with E-state index in [0.29, 0.717) is 11.7 Å². The summed E-state index contributed by atoms with van der Waals surface area (Å²) >= 11 is 5.75. The summed E-state index contributed by atoms with van der Waals surface area (Å²) in [7, 11) is 0. The molecule has 2 heterocycles. The van der Waals surface area contributed by atoms with Crippen LogP contribution in [0.4, 0.5) is 0 Å². The molecule has 2 aromatic rings. The van der Waals surface area contributed by atoms with Gasteiger partial charge in [-0.05, 0) is 32.0 Å². The van der Waals surface area contributed by atoms with Gasteiger partial charge in [-0.2, -0.15) is 0 Å². The van der Waals surface area contributed by atoms with Crippen molar-refractivity contribution in [2.45, 2.75) is 19.7 Å². The average Bonchev–Trinajstić information content (AvgIpc) is 2.28. The molecule has 0 atom stereocenters. The second-order valence-electron chi connectivity index (χ2n) is 3.64. The standard InChI is InChI=1S/C12H12ClN3/c1-8-5-10(6-9(2)15-8)12-14-4-3-11(7-13)16-12/h3-6H,7H2,1-2H3. The second kappa shape index (κ2) is 4.58. The molecular weight excluding hydrogens is 222 g/mol. The van der Waals surface area contributed by atoms with E-state index in [2.05, 4.69) is 15.0 Å². The Morgan fingerprint density at radius 2 is 1.81 bits per heavy atom. The highest BCUT2D eigenvalue weighted by Crippen LogP contribution is 2.17. The Hall–Kier alpha value is -1.48. The summed E-state index contributed by atoms with van der Waals surface area (Å²) in [4.78, 5) is 12.9. The third-order valence-electron chi connectivity index (χ3n) is 2.19. The molecule has 0 unspecified atom stereocenters. The number of nitrogens with zero attached hydrogens (tertiary/aromatic N) is 3.